The molecule has 2 rings (SSSR count). The molecule has 2 aromatic heterocycles. The van der Waals surface area contributed by atoms with E-state index in [1.807, 2.05) is 13.8 Å². The fourth-order valence-electron chi connectivity index (χ4n) is 1.66. The second-order valence-electron chi connectivity index (χ2n) is 4.38. The van der Waals surface area contributed by atoms with Crippen molar-refractivity contribution in [3.8, 4) is 6.07 Å². The zero-order valence-electron chi connectivity index (χ0n) is 10.9. The Morgan fingerprint density at radius 3 is 2.72 bits per heavy atom. The fourth-order valence-corrected chi connectivity index (χ4v) is 3.87. The quantitative estimate of drug-likeness (QED) is 0.631. The summed E-state index contributed by atoms with van der Waals surface area (Å²) in [4.78, 5) is 11.4. The zero-order chi connectivity index (χ0) is 13.3. The van der Waals surface area contributed by atoms with Crippen LogP contribution in [0.1, 0.15) is 23.2 Å². The summed E-state index contributed by atoms with van der Waals surface area (Å²) in [5, 5.41) is 11.0. The minimum absolute atomic E-state index is 0.0420. The van der Waals surface area contributed by atoms with Crippen LogP contribution in [-0.2, 0) is 0 Å². The molecule has 0 spiro atoms. The number of fused-ring (bicyclic) bond motifs is 1. The molecule has 0 aromatic carbocycles. The summed E-state index contributed by atoms with van der Waals surface area (Å²) in [5.41, 5.74) is 1.27. The van der Waals surface area contributed by atoms with Gasteiger partial charge in [0, 0.05) is 16.0 Å². The van der Waals surface area contributed by atoms with E-state index >= 15 is 0 Å². The van der Waals surface area contributed by atoms with Gasteiger partial charge in [-0.25, -0.2) is 9.97 Å². The molecule has 3 nitrogen and oxygen atoms in total. The molecular formula is C13H15N3S2. The van der Waals surface area contributed by atoms with E-state index in [0.29, 0.717) is 0 Å². The third kappa shape index (κ3) is 2.50. The van der Waals surface area contributed by atoms with E-state index < -0.39 is 0 Å². The van der Waals surface area contributed by atoms with Crippen molar-refractivity contribution in [2.24, 2.45) is 5.92 Å². The molecule has 0 aliphatic carbocycles. The summed E-state index contributed by atoms with van der Waals surface area (Å²) >= 11 is 3.37. The van der Waals surface area contributed by atoms with Crippen LogP contribution in [0.5, 0.6) is 0 Å². The molecule has 0 N–H and O–H groups in total. The van der Waals surface area contributed by atoms with Crippen LogP contribution < -0.4 is 0 Å². The summed E-state index contributed by atoms with van der Waals surface area (Å²) in [6.45, 7) is 8.08. The Morgan fingerprint density at radius 1 is 1.33 bits per heavy atom. The average Bonchev–Trinajstić information content (AvgIpc) is 2.61. The van der Waals surface area contributed by atoms with Crippen molar-refractivity contribution in [3.05, 3.63) is 16.3 Å². The Kier molecular flexibility index (Phi) is 3.88. The van der Waals surface area contributed by atoms with E-state index in [2.05, 4.69) is 29.9 Å². The molecule has 18 heavy (non-hydrogen) atoms. The van der Waals surface area contributed by atoms with Crippen LogP contribution in [0.3, 0.4) is 0 Å². The van der Waals surface area contributed by atoms with E-state index in [4.69, 9.17) is 5.26 Å². The van der Waals surface area contributed by atoms with Crippen molar-refractivity contribution in [1.29, 1.82) is 5.26 Å². The van der Waals surface area contributed by atoms with E-state index in [1.165, 1.54) is 15.8 Å². The van der Waals surface area contributed by atoms with Crippen molar-refractivity contribution < 1.29 is 0 Å². The molecule has 0 amide bonds. The van der Waals surface area contributed by atoms with E-state index in [9.17, 15) is 0 Å². The molecule has 0 radical (unpaired) electrons. The van der Waals surface area contributed by atoms with Crippen LogP contribution in [-0.4, -0.2) is 15.7 Å². The molecule has 0 saturated heterocycles. The van der Waals surface area contributed by atoms with Crippen LogP contribution in [0.15, 0.2) is 5.03 Å². The molecular weight excluding hydrogens is 262 g/mol. The molecule has 0 fully saturated rings. The zero-order valence-corrected chi connectivity index (χ0v) is 12.6. The third-order valence-corrected chi connectivity index (χ3v) is 5.13. The standard InChI is InChI=1S/C13H15N3S2/c1-7(5-14)6-17-12-11-8(2)9(3)18-13(11)16-10(4)15-12/h7H,6H2,1-4H3/t7-/m1/s1. The van der Waals surface area contributed by atoms with Gasteiger partial charge in [0.25, 0.3) is 0 Å². The number of aryl methyl sites for hydroxylation is 3. The lowest BCUT2D eigenvalue weighted by Crippen LogP contribution is -1.97. The van der Waals surface area contributed by atoms with Crippen molar-refractivity contribution in [3.63, 3.8) is 0 Å². The Bertz CT molecular complexity index is 625. The highest BCUT2D eigenvalue weighted by Gasteiger charge is 2.14. The first-order valence-corrected chi connectivity index (χ1v) is 7.60. The van der Waals surface area contributed by atoms with Crippen molar-refractivity contribution in [2.75, 3.05) is 5.75 Å². The Morgan fingerprint density at radius 2 is 2.06 bits per heavy atom. The summed E-state index contributed by atoms with van der Waals surface area (Å²) < 4.78 is 0. The van der Waals surface area contributed by atoms with Crippen LogP contribution in [0, 0.1) is 38.0 Å². The molecule has 1 atom stereocenters. The van der Waals surface area contributed by atoms with Crippen LogP contribution in [0.4, 0.5) is 0 Å². The van der Waals surface area contributed by atoms with E-state index in [-0.39, 0.29) is 5.92 Å². The minimum atomic E-state index is 0.0420. The van der Waals surface area contributed by atoms with E-state index in [1.54, 1.807) is 23.1 Å². The average molecular weight is 277 g/mol. The van der Waals surface area contributed by atoms with Gasteiger partial charge in [-0.05, 0) is 33.3 Å². The molecule has 0 aliphatic heterocycles. The number of nitrogens with zero attached hydrogens (tertiary/aromatic N) is 3. The lowest BCUT2D eigenvalue weighted by molar-refractivity contribution is 0.861. The normalized spacial score (nSPS) is 12.6. The Balaban J connectivity index is 2.45. The number of hydrogen-bond donors (Lipinski definition) is 0. The highest BCUT2D eigenvalue weighted by atomic mass is 32.2. The molecule has 0 saturated carbocycles. The van der Waals surface area contributed by atoms with Crippen LogP contribution in [0.2, 0.25) is 0 Å². The molecule has 2 heterocycles. The smallest absolute Gasteiger partial charge is 0.128 e. The van der Waals surface area contributed by atoms with Crippen molar-refractivity contribution in [2.45, 2.75) is 32.7 Å². The van der Waals surface area contributed by atoms with Gasteiger partial charge in [0.15, 0.2) is 0 Å². The molecule has 0 unspecified atom stereocenters. The first-order valence-electron chi connectivity index (χ1n) is 5.79. The minimum Gasteiger partial charge on any atom is -0.226 e. The molecule has 94 valence electrons. The molecule has 5 heteroatoms. The van der Waals surface area contributed by atoms with Gasteiger partial charge in [0.05, 0.1) is 12.0 Å². The van der Waals surface area contributed by atoms with Gasteiger partial charge < -0.3 is 0 Å². The number of thioether (sulfide) groups is 1. The van der Waals surface area contributed by atoms with Gasteiger partial charge in [0.1, 0.15) is 15.7 Å². The third-order valence-electron chi connectivity index (χ3n) is 2.80. The maximum Gasteiger partial charge on any atom is 0.128 e. The largest absolute Gasteiger partial charge is 0.226 e. The summed E-state index contributed by atoms with van der Waals surface area (Å²) in [5.74, 6) is 1.62. The Labute approximate surface area is 115 Å². The second-order valence-corrected chi connectivity index (χ2v) is 6.59. The van der Waals surface area contributed by atoms with Crippen molar-refractivity contribution >= 4 is 33.3 Å². The van der Waals surface area contributed by atoms with Gasteiger partial charge in [-0.15, -0.1) is 23.1 Å². The van der Waals surface area contributed by atoms with Gasteiger partial charge >= 0.3 is 0 Å². The summed E-state index contributed by atoms with van der Waals surface area (Å²) in [7, 11) is 0. The summed E-state index contributed by atoms with van der Waals surface area (Å²) in [6.07, 6.45) is 0. The predicted molar refractivity (Wildman–Crippen MR) is 77.1 cm³/mol. The number of rotatable bonds is 3. The monoisotopic (exact) mass is 277 g/mol. The highest BCUT2D eigenvalue weighted by molar-refractivity contribution is 7.99. The van der Waals surface area contributed by atoms with Crippen molar-refractivity contribution in [1.82, 2.24) is 9.97 Å². The predicted octanol–water partition coefficient (Wildman–Crippen LogP) is 3.87. The number of aromatic nitrogens is 2. The van der Waals surface area contributed by atoms with Crippen LogP contribution in [0.25, 0.3) is 10.2 Å². The Hall–Kier alpha value is -1.12. The molecule has 0 aliphatic rings. The van der Waals surface area contributed by atoms with Gasteiger partial charge in [0.2, 0.25) is 0 Å². The van der Waals surface area contributed by atoms with Gasteiger partial charge in [-0.3, -0.25) is 0 Å². The van der Waals surface area contributed by atoms with Gasteiger partial charge in [-0.2, -0.15) is 5.26 Å². The highest BCUT2D eigenvalue weighted by Crippen LogP contribution is 2.35. The number of nitriles is 1. The SMILES string of the molecule is Cc1nc(SC[C@H](C)C#N)c2c(C)c(C)sc2n1. The van der Waals surface area contributed by atoms with E-state index in [0.717, 1.165) is 21.4 Å². The second kappa shape index (κ2) is 5.25. The first kappa shape index (κ1) is 13.3. The first-order chi connectivity index (χ1) is 8.52. The fraction of sp³-hybridized carbons (Fsp3) is 0.462. The van der Waals surface area contributed by atoms with Crippen LogP contribution >= 0.6 is 23.1 Å². The number of thiophene rings is 1. The number of hydrogen-bond acceptors (Lipinski definition) is 5. The van der Waals surface area contributed by atoms with Gasteiger partial charge in [-0.1, -0.05) is 0 Å². The molecule has 2 aromatic rings. The topological polar surface area (TPSA) is 49.6 Å². The maximum absolute atomic E-state index is 8.85. The maximum atomic E-state index is 8.85. The summed E-state index contributed by atoms with van der Waals surface area (Å²) in [6, 6.07) is 2.26. The lowest BCUT2D eigenvalue weighted by atomic mass is 10.2. The lowest BCUT2D eigenvalue weighted by Gasteiger charge is -2.05. The molecule has 0 bridgehead atoms.